The summed E-state index contributed by atoms with van der Waals surface area (Å²) in [6, 6.07) is 0. The van der Waals surface area contributed by atoms with Crippen molar-refractivity contribution >= 4 is 17.9 Å². The van der Waals surface area contributed by atoms with E-state index in [1.165, 1.54) is 109 Å². The van der Waals surface area contributed by atoms with Crippen molar-refractivity contribution in [1.29, 1.82) is 0 Å². The fourth-order valence-electron chi connectivity index (χ4n) is 6.92. The Bertz CT molecular complexity index is 1100. The lowest BCUT2D eigenvalue weighted by Crippen LogP contribution is -2.30. The van der Waals surface area contributed by atoms with Gasteiger partial charge in [0.2, 0.25) is 0 Å². The van der Waals surface area contributed by atoms with Crippen molar-refractivity contribution in [2.24, 2.45) is 0 Å². The zero-order valence-corrected chi connectivity index (χ0v) is 39.5. The highest BCUT2D eigenvalue weighted by Gasteiger charge is 2.19. The topological polar surface area (TPSA) is 78.9 Å². The molecule has 60 heavy (non-hydrogen) atoms. The maximum absolute atomic E-state index is 12.8. The third kappa shape index (κ3) is 46.2. The second-order valence-electron chi connectivity index (χ2n) is 16.7. The molecule has 0 saturated heterocycles. The van der Waals surface area contributed by atoms with Gasteiger partial charge in [-0.05, 0) is 103 Å². The summed E-state index contributed by atoms with van der Waals surface area (Å²) in [6.07, 6.45) is 59.3. The molecule has 0 rings (SSSR count). The molecule has 0 saturated carbocycles. The van der Waals surface area contributed by atoms with Gasteiger partial charge in [-0.25, -0.2) is 0 Å². The molecule has 1 atom stereocenters. The summed E-state index contributed by atoms with van der Waals surface area (Å²) >= 11 is 0. The molecule has 346 valence electrons. The lowest BCUT2D eigenvalue weighted by Gasteiger charge is -2.18. The molecule has 0 spiro atoms. The molecular formula is C54H94O6. The smallest absolute Gasteiger partial charge is 0.306 e. The summed E-state index contributed by atoms with van der Waals surface area (Å²) in [7, 11) is 0. The van der Waals surface area contributed by atoms with Gasteiger partial charge < -0.3 is 14.2 Å². The van der Waals surface area contributed by atoms with Crippen LogP contribution in [0, 0.1) is 0 Å². The number of unbranched alkanes of at least 4 members (excludes halogenated alkanes) is 24. The van der Waals surface area contributed by atoms with E-state index in [-0.39, 0.29) is 31.1 Å². The van der Waals surface area contributed by atoms with E-state index >= 15 is 0 Å². The molecule has 0 aliphatic rings. The number of ether oxygens (including phenoxy) is 3. The Morgan fingerprint density at radius 3 is 1.08 bits per heavy atom. The molecule has 0 N–H and O–H groups in total. The predicted molar refractivity (Wildman–Crippen MR) is 256 cm³/mol. The van der Waals surface area contributed by atoms with Crippen LogP contribution in [0.1, 0.15) is 245 Å². The van der Waals surface area contributed by atoms with Crippen LogP contribution in [0.2, 0.25) is 0 Å². The second kappa shape index (κ2) is 48.8. The van der Waals surface area contributed by atoms with Crippen LogP contribution < -0.4 is 0 Å². The van der Waals surface area contributed by atoms with Gasteiger partial charge in [0, 0.05) is 19.3 Å². The van der Waals surface area contributed by atoms with Crippen LogP contribution in [0.3, 0.4) is 0 Å². The molecule has 0 heterocycles. The van der Waals surface area contributed by atoms with E-state index in [0.717, 1.165) is 96.3 Å². The molecule has 0 aromatic heterocycles. The molecule has 0 aliphatic carbocycles. The van der Waals surface area contributed by atoms with Crippen molar-refractivity contribution in [3.05, 3.63) is 60.8 Å². The lowest BCUT2D eigenvalue weighted by atomic mass is 10.1. The highest BCUT2D eigenvalue weighted by molar-refractivity contribution is 5.71. The molecule has 0 bridgehead atoms. The molecule has 0 fully saturated rings. The first kappa shape index (κ1) is 57.1. The highest BCUT2D eigenvalue weighted by Crippen LogP contribution is 2.14. The van der Waals surface area contributed by atoms with Crippen LogP contribution in [0.25, 0.3) is 0 Å². The number of carbonyl (C=O) groups is 3. The summed E-state index contributed by atoms with van der Waals surface area (Å²) in [4.78, 5) is 37.8. The zero-order chi connectivity index (χ0) is 43.7. The van der Waals surface area contributed by atoms with Crippen molar-refractivity contribution < 1.29 is 28.6 Å². The molecule has 6 nitrogen and oxygen atoms in total. The van der Waals surface area contributed by atoms with E-state index in [9.17, 15) is 14.4 Å². The number of esters is 3. The Kier molecular flexibility index (Phi) is 46.4. The molecule has 0 radical (unpaired) electrons. The van der Waals surface area contributed by atoms with Gasteiger partial charge in [-0.1, -0.05) is 184 Å². The van der Waals surface area contributed by atoms with Gasteiger partial charge in [0.25, 0.3) is 0 Å². The summed E-state index contributed by atoms with van der Waals surface area (Å²) in [5, 5.41) is 0. The minimum absolute atomic E-state index is 0.0920. The number of hydrogen-bond acceptors (Lipinski definition) is 6. The third-order valence-corrected chi connectivity index (χ3v) is 10.7. The van der Waals surface area contributed by atoms with Crippen molar-refractivity contribution in [1.82, 2.24) is 0 Å². The number of allylic oxidation sites excluding steroid dienone is 10. The van der Waals surface area contributed by atoms with Gasteiger partial charge in [-0.15, -0.1) is 0 Å². The van der Waals surface area contributed by atoms with Crippen molar-refractivity contribution in [2.45, 2.75) is 252 Å². The molecule has 0 aliphatic heterocycles. The minimum atomic E-state index is -0.792. The van der Waals surface area contributed by atoms with Crippen LogP contribution in [-0.2, 0) is 28.6 Å². The van der Waals surface area contributed by atoms with E-state index in [1.54, 1.807) is 0 Å². The first-order valence-electron chi connectivity index (χ1n) is 25.3. The number of hydrogen-bond donors (Lipinski definition) is 0. The summed E-state index contributed by atoms with van der Waals surface area (Å²) in [5.74, 6) is -0.944. The maximum atomic E-state index is 12.8. The summed E-state index contributed by atoms with van der Waals surface area (Å²) in [6.45, 7) is 6.44. The first-order valence-corrected chi connectivity index (χ1v) is 25.3. The summed E-state index contributed by atoms with van der Waals surface area (Å²) in [5.41, 5.74) is 0. The van der Waals surface area contributed by atoms with Crippen LogP contribution in [-0.4, -0.2) is 37.2 Å². The average molecular weight is 839 g/mol. The molecule has 0 aromatic carbocycles. The largest absolute Gasteiger partial charge is 0.462 e. The fourth-order valence-corrected chi connectivity index (χ4v) is 6.92. The van der Waals surface area contributed by atoms with E-state index < -0.39 is 6.10 Å². The first-order chi connectivity index (χ1) is 29.5. The van der Waals surface area contributed by atoms with Gasteiger partial charge in [0.1, 0.15) is 13.2 Å². The molecule has 6 heteroatoms. The Balaban J connectivity index is 4.36. The van der Waals surface area contributed by atoms with E-state index in [2.05, 4.69) is 81.5 Å². The Morgan fingerprint density at radius 2 is 0.650 bits per heavy atom. The van der Waals surface area contributed by atoms with Gasteiger partial charge >= 0.3 is 17.9 Å². The second-order valence-corrected chi connectivity index (χ2v) is 16.7. The lowest BCUT2D eigenvalue weighted by molar-refractivity contribution is -0.167. The van der Waals surface area contributed by atoms with E-state index in [1.807, 2.05) is 0 Å². The third-order valence-electron chi connectivity index (χ3n) is 10.7. The van der Waals surface area contributed by atoms with Crippen molar-refractivity contribution in [3.8, 4) is 0 Å². The Hall–Kier alpha value is -2.89. The number of carbonyl (C=O) groups excluding carboxylic acids is 3. The molecular weight excluding hydrogens is 745 g/mol. The van der Waals surface area contributed by atoms with Crippen molar-refractivity contribution in [2.75, 3.05) is 13.2 Å². The predicted octanol–water partition coefficient (Wildman–Crippen LogP) is 16.5. The Labute approximate surface area is 370 Å². The van der Waals surface area contributed by atoms with Crippen LogP contribution in [0.5, 0.6) is 0 Å². The minimum Gasteiger partial charge on any atom is -0.462 e. The average Bonchev–Trinajstić information content (AvgIpc) is 3.24. The van der Waals surface area contributed by atoms with Crippen molar-refractivity contribution in [3.63, 3.8) is 0 Å². The zero-order valence-electron chi connectivity index (χ0n) is 39.5. The fraction of sp³-hybridized carbons (Fsp3) is 0.759. The maximum Gasteiger partial charge on any atom is 0.306 e. The quantitative estimate of drug-likeness (QED) is 0.0263. The van der Waals surface area contributed by atoms with Gasteiger partial charge in [-0.2, -0.15) is 0 Å². The van der Waals surface area contributed by atoms with Gasteiger partial charge in [0.15, 0.2) is 6.10 Å². The molecule has 0 amide bonds. The normalized spacial score (nSPS) is 12.5. The standard InChI is InChI=1S/C54H94O6/c1-4-7-10-13-16-19-21-23-25-27-29-30-32-35-38-41-44-47-53(56)59-50-51(49-58-52(55)46-43-40-37-34-18-15-12-9-6-3)60-54(57)48-45-42-39-36-33-31-28-26-24-22-20-17-14-11-8-5-2/h9,12,16,18-19,23,25-26,28,34,51H,4-8,10-11,13-15,17,20-22,24,27,29-33,35-50H2,1-3H3/b12-9-,19-16-,25-23-,28-26-,34-18-. The Morgan fingerprint density at radius 1 is 0.350 bits per heavy atom. The van der Waals surface area contributed by atoms with E-state index in [0.29, 0.717) is 19.3 Å². The molecule has 0 aromatic rings. The van der Waals surface area contributed by atoms with Crippen LogP contribution in [0.15, 0.2) is 60.8 Å². The van der Waals surface area contributed by atoms with Crippen LogP contribution >= 0.6 is 0 Å². The van der Waals surface area contributed by atoms with Crippen LogP contribution in [0.4, 0.5) is 0 Å². The van der Waals surface area contributed by atoms with Gasteiger partial charge in [0.05, 0.1) is 0 Å². The highest BCUT2D eigenvalue weighted by atomic mass is 16.6. The molecule has 1 unspecified atom stereocenters. The number of rotatable bonds is 45. The van der Waals surface area contributed by atoms with Gasteiger partial charge in [-0.3, -0.25) is 14.4 Å². The monoisotopic (exact) mass is 839 g/mol. The summed E-state index contributed by atoms with van der Waals surface area (Å²) < 4.78 is 16.7. The van der Waals surface area contributed by atoms with E-state index in [4.69, 9.17) is 14.2 Å². The SMILES string of the molecule is CC/C=C\C/C=C\CCCCC(=O)OCC(COC(=O)CCCCCCCCC/C=C\C/C=C\CCCCC)OC(=O)CCCCCCC/C=C\CCCCCCCCC.